The van der Waals surface area contributed by atoms with E-state index in [4.69, 9.17) is 9.47 Å². The Morgan fingerprint density at radius 3 is 2.13 bits per heavy atom. The quantitative estimate of drug-likeness (QED) is 0.322. The molecule has 2 saturated carbocycles. The van der Waals surface area contributed by atoms with Gasteiger partial charge in [-0.15, -0.1) is 0 Å². The van der Waals surface area contributed by atoms with E-state index in [2.05, 4.69) is 21.2 Å². The van der Waals surface area contributed by atoms with Crippen LogP contribution in [-0.2, 0) is 25.7 Å². The first kappa shape index (κ1) is 22.8. The third-order valence-corrected chi connectivity index (χ3v) is 6.20. The number of esters is 1. The zero-order valence-corrected chi connectivity index (χ0v) is 19.3. The van der Waals surface area contributed by atoms with Crippen LogP contribution in [0.1, 0.15) is 52.0 Å². The average molecular weight is 480 g/mol. The van der Waals surface area contributed by atoms with Crippen LogP contribution in [0.5, 0.6) is 0 Å². The molecule has 1 aromatic carbocycles. The van der Waals surface area contributed by atoms with Gasteiger partial charge in [0.1, 0.15) is 12.2 Å². The molecule has 0 radical (unpaired) electrons. The number of amides is 1. The summed E-state index contributed by atoms with van der Waals surface area (Å²) >= 11 is 3.22. The number of alkyl halides is 1. The number of rotatable bonds is 9. The van der Waals surface area contributed by atoms with Gasteiger partial charge in [-0.2, -0.15) is 0 Å². The van der Waals surface area contributed by atoms with Crippen molar-refractivity contribution in [3.05, 3.63) is 35.9 Å². The van der Waals surface area contributed by atoms with E-state index in [1.54, 1.807) is 20.8 Å². The number of benzene rings is 1. The standard InChI is InChI=1S/C23H30BrNO5/c1-23(2,3)30-21(27)18(24)20(26)19(17(15-9-10-15)16-11-12-16)25-22(28)29-13-14-7-5-4-6-8-14/h4-8,15-19H,9-13H2,1-3H3,(H,25,28)/t18?,19-/m0/s1. The fourth-order valence-corrected chi connectivity index (χ4v) is 4.15. The van der Waals surface area contributed by atoms with E-state index < -0.39 is 28.5 Å². The molecule has 0 aliphatic heterocycles. The second-order valence-corrected chi connectivity index (χ2v) is 10.2. The van der Waals surface area contributed by atoms with Crippen molar-refractivity contribution < 1.29 is 23.9 Å². The normalized spacial score (nSPS) is 18.4. The highest BCUT2D eigenvalue weighted by Crippen LogP contribution is 2.51. The molecule has 0 saturated heterocycles. The molecule has 0 spiro atoms. The molecular formula is C23H30BrNO5. The molecule has 6 nitrogen and oxygen atoms in total. The van der Waals surface area contributed by atoms with Gasteiger partial charge in [-0.1, -0.05) is 46.3 Å². The van der Waals surface area contributed by atoms with Crippen molar-refractivity contribution >= 4 is 33.8 Å². The lowest BCUT2D eigenvalue weighted by atomic mass is 9.86. The van der Waals surface area contributed by atoms with E-state index in [0.717, 1.165) is 31.2 Å². The van der Waals surface area contributed by atoms with Gasteiger partial charge in [0.25, 0.3) is 0 Å². The van der Waals surface area contributed by atoms with E-state index >= 15 is 0 Å². The van der Waals surface area contributed by atoms with Crippen LogP contribution >= 0.6 is 15.9 Å². The lowest BCUT2D eigenvalue weighted by molar-refractivity contribution is -0.155. The zero-order valence-electron chi connectivity index (χ0n) is 17.7. The van der Waals surface area contributed by atoms with Crippen molar-refractivity contribution in [2.75, 3.05) is 0 Å². The van der Waals surface area contributed by atoms with Crippen molar-refractivity contribution in [3.63, 3.8) is 0 Å². The van der Waals surface area contributed by atoms with E-state index in [1.807, 2.05) is 30.3 Å². The number of halogens is 1. The molecule has 2 fully saturated rings. The summed E-state index contributed by atoms with van der Waals surface area (Å²) in [6, 6.07) is 8.59. The summed E-state index contributed by atoms with van der Waals surface area (Å²) in [7, 11) is 0. The first-order valence-electron chi connectivity index (χ1n) is 10.5. The number of nitrogens with one attached hydrogen (secondary N) is 1. The second-order valence-electron chi connectivity index (χ2n) is 9.23. The Hall–Kier alpha value is -1.89. The maximum Gasteiger partial charge on any atom is 0.408 e. The molecule has 0 heterocycles. The summed E-state index contributed by atoms with van der Waals surface area (Å²) in [6.45, 7) is 5.38. The molecule has 1 amide bonds. The first-order chi connectivity index (χ1) is 14.2. The Morgan fingerprint density at radius 2 is 1.63 bits per heavy atom. The lowest BCUT2D eigenvalue weighted by Crippen LogP contribution is -2.52. The van der Waals surface area contributed by atoms with Gasteiger partial charge >= 0.3 is 12.1 Å². The van der Waals surface area contributed by atoms with Gasteiger partial charge in [0.05, 0.1) is 6.04 Å². The van der Waals surface area contributed by atoms with Crippen LogP contribution in [0.15, 0.2) is 30.3 Å². The van der Waals surface area contributed by atoms with Gasteiger partial charge in [0, 0.05) is 0 Å². The van der Waals surface area contributed by atoms with Crippen LogP contribution in [0.25, 0.3) is 0 Å². The topological polar surface area (TPSA) is 81.7 Å². The molecule has 0 aromatic heterocycles. The van der Waals surface area contributed by atoms with Crippen molar-refractivity contribution in [2.24, 2.45) is 17.8 Å². The van der Waals surface area contributed by atoms with Crippen molar-refractivity contribution in [1.82, 2.24) is 5.32 Å². The average Bonchev–Trinajstić information content (AvgIpc) is 3.59. The smallest absolute Gasteiger partial charge is 0.408 e. The van der Waals surface area contributed by atoms with Gasteiger partial charge in [-0.25, -0.2) is 4.79 Å². The van der Waals surface area contributed by atoms with E-state index in [1.165, 1.54) is 0 Å². The number of carbonyl (C=O) groups excluding carboxylic acids is 3. The molecule has 1 N–H and O–H groups in total. The number of ketones is 1. The van der Waals surface area contributed by atoms with Crippen LogP contribution in [0.3, 0.4) is 0 Å². The number of Topliss-reactive ketones (excluding diaryl/α,β-unsaturated/α-hetero) is 1. The van der Waals surface area contributed by atoms with Crippen LogP contribution in [0.2, 0.25) is 0 Å². The lowest BCUT2D eigenvalue weighted by Gasteiger charge is -2.29. The Balaban J connectivity index is 1.69. The molecule has 1 aromatic rings. The fourth-order valence-electron chi connectivity index (χ4n) is 3.77. The predicted octanol–water partition coefficient (Wildman–Crippen LogP) is 4.39. The van der Waals surface area contributed by atoms with E-state index in [9.17, 15) is 14.4 Å². The van der Waals surface area contributed by atoms with Crippen LogP contribution in [-0.4, -0.2) is 34.3 Å². The van der Waals surface area contributed by atoms with Crippen LogP contribution in [0, 0.1) is 17.8 Å². The molecular weight excluding hydrogens is 450 g/mol. The fraction of sp³-hybridized carbons (Fsp3) is 0.609. The minimum absolute atomic E-state index is 0.0317. The zero-order chi connectivity index (χ0) is 21.9. The van der Waals surface area contributed by atoms with Gasteiger partial charge in [0.2, 0.25) is 0 Å². The summed E-state index contributed by atoms with van der Waals surface area (Å²) in [5.74, 6) is -0.172. The predicted molar refractivity (Wildman–Crippen MR) is 116 cm³/mol. The maximum atomic E-state index is 13.3. The number of hydrogen-bond acceptors (Lipinski definition) is 5. The first-order valence-corrected chi connectivity index (χ1v) is 11.4. The third kappa shape index (κ3) is 6.56. The monoisotopic (exact) mass is 479 g/mol. The molecule has 30 heavy (non-hydrogen) atoms. The highest BCUT2D eigenvalue weighted by Gasteiger charge is 2.50. The summed E-state index contributed by atoms with van der Waals surface area (Å²) in [6.07, 6.45) is 3.54. The second kappa shape index (κ2) is 9.50. The van der Waals surface area contributed by atoms with Crippen LogP contribution < -0.4 is 5.32 Å². The summed E-state index contributed by atoms with van der Waals surface area (Å²) in [4.78, 5) is 37.1. The summed E-state index contributed by atoms with van der Waals surface area (Å²) < 4.78 is 10.7. The SMILES string of the molecule is CC(C)(C)OC(=O)C(Br)C(=O)[C@@H](NC(=O)OCc1ccccc1)C(C1CC1)C1CC1. The summed E-state index contributed by atoms with van der Waals surface area (Å²) in [5, 5.41) is 2.78. The minimum atomic E-state index is -1.13. The molecule has 2 atom stereocenters. The molecule has 164 valence electrons. The molecule has 2 aliphatic carbocycles. The Labute approximate surface area is 186 Å². The number of hydrogen-bond donors (Lipinski definition) is 1. The molecule has 3 rings (SSSR count). The van der Waals surface area contributed by atoms with Gasteiger partial charge < -0.3 is 14.8 Å². The highest BCUT2D eigenvalue weighted by molar-refractivity contribution is 9.10. The number of alkyl carbamates (subject to hydrolysis) is 1. The minimum Gasteiger partial charge on any atom is -0.459 e. The largest absolute Gasteiger partial charge is 0.459 e. The number of ether oxygens (including phenoxy) is 2. The molecule has 1 unspecified atom stereocenters. The van der Waals surface area contributed by atoms with Gasteiger partial charge in [-0.3, -0.25) is 9.59 Å². The molecule has 2 aliphatic rings. The van der Waals surface area contributed by atoms with Gasteiger partial charge in [0.15, 0.2) is 10.6 Å². The maximum absolute atomic E-state index is 13.3. The van der Waals surface area contributed by atoms with Crippen LogP contribution in [0.4, 0.5) is 4.79 Å². The highest BCUT2D eigenvalue weighted by atomic mass is 79.9. The Bertz CT molecular complexity index is 756. The van der Waals surface area contributed by atoms with Gasteiger partial charge in [-0.05, 0) is 69.8 Å². The van der Waals surface area contributed by atoms with Crippen molar-refractivity contribution in [1.29, 1.82) is 0 Å². The van der Waals surface area contributed by atoms with E-state index in [0.29, 0.717) is 11.8 Å². The summed E-state index contributed by atoms with van der Waals surface area (Å²) in [5.41, 5.74) is 0.163. The molecule has 0 bridgehead atoms. The van der Waals surface area contributed by atoms with Crippen molar-refractivity contribution in [3.8, 4) is 0 Å². The van der Waals surface area contributed by atoms with Crippen molar-refractivity contribution in [2.45, 2.75) is 69.5 Å². The Morgan fingerprint density at radius 1 is 1.07 bits per heavy atom. The number of carbonyl (C=O) groups is 3. The third-order valence-electron chi connectivity index (χ3n) is 5.37. The Kier molecular flexibility index (Phi) is 7.22. The van der Waals surface area contributed by atoms with E-state index in [-0.39, 0.29) is 18.3 Å². The molecule has 7 heteroatoms.